The zero-order chi connectivity index (χ0) is 15.5. The molecule has 1 fully saturated rings. The lowest BCUT2D eigenvalue weighted by Gasteiger charge is -2.18. The van der Waals surface area contributed by atoms with Crippen LogP contribution in [-0.4, -0.2) is 38.2 Å². The first-order chi connectivity index (χ1) is 10.7. The molecule has 3 rings (SSSR count). The molecule has 2 aliphatic rings. The maximum Gasteiger partial charge on any atom is 0.321 e. The first kappa shape index (κ1) is 14.8. The summed E-state index contributed by atoms with van der Waals surface area (Å²) in [5, 5.41) is 2.95. The summed E-state index contributed by atoms with van der Waals surface area (Å²) in [5.41, 5.74) is 0.718. The van der Waals surface area contributed by atoms with Crippen molar-refractivity contribution < 1.29 is 14.3 Å². The van der Waals surface area contributed by atoms with Gasteiger partial charge in [-0.05, 0) is 36.8 Å². The molecule has 0 saturated carbocycles. The summed E-state index contributed by atoms with van der Waals surface area (Å²) in [4.78, 5) is 14.4. The highest BCUT2D eigenvalue weighted by Gasteiger charge is 2.35. The van der Waals surface area contributed by atoms with Crippen molar-refractivity contribution in [3.63, 3.8) is 0 Å². The molecule has 2 unspecified atom stereocenters. The number of methoxy groups -OCH3 is 2. The number of likely N-dealkylation sites (tertiary alicyclic amines) is 1. The molecule has 5 heteroatoms. The molecule has 1 aromatic carbocycles. The van der Waals surface area contributed by atoms with E-state index in [1.807, 2.05) is 11.0 Å². The molecular formula is C17H22N2O3. The first-order valence-electron chi connectivity index (χ1n) is 7.64. The number of urea groups is 1. The van der Waals surface area contributed by atoms with Gasteiger partial charge < -0.3 is 19.7 Å². The Labute approximate surface area is 130 Å². The second-order valence-electron chi connectivity index (χ2n) is 5.87. The van der Waals surface area contributed by atoms with Gasteiger partial charge in [-0.25, -0.2) is 4.79 Å². The third-order valence-corrected chi connectivity index (χ3v) is 4.54. The maximum atomic E-state index is 12.4. The fraction of sp³-hybridized carbons (Fsp3) is 0.471. The van der Waals surface area contributed by atoms with Gasteiger partial charge in [0.05, 0.1) is 14.2 Å². The van der Waals surface area contributed by atoms with Crippen molar-refractivity contribution in [2.75, 3.05) is 32.6 Å². The molecule has 0 aromatic heterocycles. The van der Waals surface area contributed by atoms with Crippen LogP contribution in [0.15, 0.2) is 30.4 Å². The molecule has 1 N–H and O–H groups in total. The number of hydrogen-bond donors (Lipinski definition) is 1. The van der Waals surface area contributed by atoms with Crippen LogP contribution in [0, 0.1) is 11.8 Å². The largest absolute Gasteiger partial charge is 0.493 e. The number of benzene rings is 1. The molecule has 1 aromatic rings. The molecule has 1 saturated heterocycles. The lowest BCUT2D eigenvalue weighted by molar-refractivity contribution is 0.220. The normalized spacial score (nSPS) is 23.1. The summed E-state index contributed by atoms with van der Waals surface area (Å²) < 4.78 is 10.5. The number of carbonyl (C=O) groups excluding carboxylic acids is 1. The minimum atomic E-state index is -0.0402. The number of allylic oxidation sites excluding steroid dienone is 2. The van der Waals surface area contributed by atoms with Gasteiger partial charge in [-0.1, -0.05) is 12.2 Å². The van der Waals surface area contributed by atoms with Gasteiger partial charge in [-0.15, -0.1) is 0 Å². The fourth-order valence-corrected chi connectivity index (χ4v) is 3.30. The second-order valence-corrected chi connectivity index (χ2v) is 5.87. The van der Waals surface area contributed by atoms with Crippen LogP contribution >= 0.6 is 0 Å². The maximum absolute atomic E-state index is 12.4. The lowest BCUT2D eigenvalue weighted by atomic mass is 9.86. The van der Waals surface area contributed by atoms with Gasteiger partial charge in [-0.3, -0.25) is 0 Å². The van der Waals surface area contributed by atoms with Crippen molar-refractivity contribution in [2.45, 2.75) is 12.8 Å². The minimum Gasteiger partial charge on any atom is -0.493 e. The quantitative estimate of drug-likeness (QED) is 0.873. The van der Waals surface area contributed by atoms with E-state index in [2.05, 4.69) is 17.5 Å². The van der Waals surface area contributed by atoms with Crippen LogP contribution < -0.4 is 14.8 Å². The van der Waals surface area contributed by atoms with Crippen molar-refractivity contribution in [3.05, 3.63) is 30.4 Å². The summed E-state index contributed by atoms with van der Waals surface area (Å²) in [6, 6.07) is 5.36. The summed E-state index contributed by atoms with van der Waals surface area (Å²) in [6.07, 6.45) is 6.64. The number of fused-ring (bicyclic) bond motifs is 1. The minimum absolute atomic E-state index is 0.0402. The van der Waals surface area contributed by atoms with Gasteiger partial charge in [-0.2, -0.15) is 0 Å². The van der Waals surface area contributed by atoms with Crippen LogP contribution in [-0.2, 0) is 0 Å². The van der Waals surface area contributed by atoms with Crippen LogP contribution in [0.5, 0.6) is 11.5 Å². The Hall–Kier alpha value is -2.17. The summed E-state index contributed by atoms with van der Waals surface area (Å²) in [6.45, 7) is 1.68. The molecule has 1 aliphatic heterocycles. The Balaban J connectivity index is 1.65. The van der Waals surface area contributed by atoms with E-state index in [-0.39, 0.29) is 6.03 Å². The van der Waals surface area contributed by atoms with Crippen LogP contribution in [0.4, 0.5) is 10.5 Å². The fourth-order valence-electron chi connectivity index (χ4n) is 3.30. The van der Waals surface area contributed by atoms with E-state index in [1.54, 1.807) is 26.4 Å². The van der Waals surface area contributed by atoms with Gasteiger partial charge in [0.25, 0.3) is 0 Å². The van der Waals surface area contributed by atoms with E-state index in [4.69, 9.17) is 9.47 Å². The SMILES string of the molecule is COc1ccc(NC(=O)N2CC3CC=CCC3C2)cc1OC. The number of anilines is 1. The lowest BCUT2D eigenvalue weighted by Crippen LogP contribution is -2.33. The Morgan fingerprint density at radius 3 is 2.32 bits per heavy atom. The van der Waals surface area contributed by atoms with Gasteiger partial charge in [0.15, 0.2) is 11.5 Å². The molecule has 2 atom stereocenters. The molecule has 0 spiro atoms. The van der Waals surface area contributed by atoms with Crippen LogP contribution in [0.25, 0.3) is 0 Å². The summed E-state index contributed by atoms with van der Waals surface area (Å²) >= 11 is 0. The molecule has 0 radical (unpaired) electrons. The molecule has 118 valence electrons. The molecular weight excluding hydrogens is 280 g/mol. The van der Waals surface area contributed by atoms with Gasteiger partial charge in [0, 0.05) is 24.8 Å². The van der Waals surface area contributed by atoms with E-state index in [1.165, 1.54) is 0 Å². The summed E-state index contributed by atoms with van der Waals surface area (Å²) in [7, 11) is 3.18. The number of carbonyl (C=O) groups is 1. The summed E-state index contributed by atoms with van der Waals surface area (Å²) in [5.74, 6) is 2.49. The number of ether oxygens (including phenoxy) is 2. The highest BCUT2D eigenvalue weighted by molar-refractivity contribution is 5.90. The average molecular weight is 302 g/mol. The van der Waals surface area contributed by atoms with Crippen molar-refractivity contribution in [1.82, 2.24) is 4.90 Å². The zero-order valence-corrected chi connectivity index (χ0v) is 13.0. The molecule has 5 nitrogen and oxygen atoms in total. The van der Waals surface area contributed by atoms with Crippen LogP contribution in [0.2, 0.25) is 0 Å². The Morgan fingerprint density at radius 1 is 1.09 bits per heavy atom. The van der Waals surface area contributed by atoms with Gasteiger partial charge >= 0.3 is 6.03 Å². The monoisotopic (exact) mass is 302 g/mol. The number of rotatable bonds is 3. The third-order valence-electron chi connectivity index (χ3n) is 4.54. The van der Waals surface area contributed by atoms with Crippen LogP contribution in [0.3, 0.4) is 0 Å². The molecule has 1 heterocycles. The predicted molar refractivity (Wildman–Crippen MR) is 85.5 cm³/mol. The number of amides is 2. The van der Waals surface area contributed by atoms with E-state index in [9.17, 15) is 4.79 Å². The first-order valence-corrected chi connectivity index (χ1v) is 7.64. The second kappa shape index (κ2) is 6.30. The smallest absolute Gasteiger partial charge is 0.321 e. The predicted octanol–water partition coefficient (Wildman–Crippen LogP) is 3.13. The topological polar surface area (TPSA) is 50.8 Å². The van der Waals surface area contributed by atoms with Crippen molar-refractivity contribution in [1.29, 1.82) is 0 Å². The average Bonchev–Trinajstić information content (AvgIpc) is 2.99. The molecule has 22 heavy (non-hydrogen) atoms. The Bertz CT molecular complexity index is 569. The van der Waals surface area contributed by atoms with Crippen molar-refractivity contribution >= 4 is 11.7 Å². The molecule has 2 amide bonds. The number of nitrogens with zero attached hydrogens (tertiary/aromatic N) is 1. The highest BCUT2D eigenvalue weighted by atomic mass is 16.5. The van der Waals surface area contributed by atoms with Crippen molar-refractivity contribution in [2.24, 2.45) is 11.8 Å². The Morgan fingerprint density at radius 2 is 1.73 bits per heavy atom. The van der Waals surface area contributed by atoms with Gasteiger partial charge in [0.2, 0.25) is 0 Å². The van der Waals surface area contributed by atoms with E-state index < -0.39 is 0 Å². The van der Waals surface area contributed by atoms with Crippen molar-refractivity contribution in [3.8, 4) is 11.5 Å². The van der Waals surface area contributed by atoms with Gasteiger partial charge in [0.1, 0.15) is 0 Å². The number of hydrogen-bond acceptors (Lipinski definition) is 3. The molecule has 1 aliphatic carbocycles. The molecule has 0 bridgehead atoms. The third kappa shape index (κ3) is 2.89. The van der Waals surface area contributed by atoms with E-state index in [0.29, 0.717) is 23.3 Å². The Kier molecular flexibility index (Phi) is 4.22. The van der Waals surface area contributed by atoms with Crippen LogP contribution in [0.1, 0.15) is 12.8 Å². The zero-order valence-electron chi connectivity index (χ0n) is 13.0. The van der Waals surface area contributed by atoms with E-state index in [0.717, 1.165) is 31.6 Å². The highest BCUT2D eigenvalue weighted by Crippen LogP contribution is 2.34. The number of nitrogens with one attached hydrogen (secondary N) is 1. The van der Waals surface area contributed by atoms with E-state index >= 15 is 0 Å². The standard InChI is InChI=1S/C17H22N2O3/c1-21-15-8-7-14(9-16(15)22-2)18-17(20)19-10-12-5-3-4-6-13(12)11-19/h3-4,7-9,12-13H,5-6,10-11H2,1-2H3,(H,18,20).